The number of benzene rings is 1. The van der Waals surface area contributed by atoms with Crippen molar-refractivity contribution in [3.05, 3.63) is 35.4 Å². The molecule has 1 unspecified atom stereocenters. The number of aryl methyl sites for hydroxylation is 1. The standard InChI is InChI=1S/C27H43NO5/c1-6-9-10-11-12-13-14-21(4)24-17-15-23(16-18-24)19-20-27(28-22(5)29,25(30)32-7-2)26(31)33-8-3/h15-18,21H,6-14,19-20H2,1-5H3,(H,28,29). The first kappa shape index (κ1) is 28.7. The van der Waals surface area contributed by atoms with E-state index in [1.54, 1.807) is 13.8 Å². The van der Waals surface area contributed by atoms with E-state index in [9.17, 15) is 14.4 Å². The second-order valence-corrected chi connectivity index (χ2v) is 8.73. The SMILES string of the molecule is CCCCCCCCC(C)c1ccc(CCC(NC(C)=O)(C(=O)OCC)C(=O)OCC)cc1. The molecule has 6 nitrogen and oxygen atoms in total. The third-order valence-corrected chi connectivity index (χ3v) is 5.97. The molecule has 1 amide bonds. The van der Waals surface area contributed by atoms with Crippen LogP contribution in [-0.2, 0) is 30.3 Å². The summed E-state index contributed by atoms with van der Waals surface area (Å²) < 4.78 is 10.3. The molecule has 1 aromatic rings. The summed E-state index contributed by atoms with van der Waals surface area (Å²) in [5.74, 6) is -1.58. The zero-order chi connectivity index (χ0) is 24.7. The van der Waals surface area contributed by atoms with Crippen LogP contribution in [0.25, 0.3) is 0 Å². The van der Waals surface area contributed by atoms with Gasteiger partial charge in [0.2, 0.25) is 11.4 Å². The van der Waals surface area contributed by atoms with Gasteiger partial charge in [0.05, 0.1) is 13.2 Å². The van der Waals surface area contributed by atoms with Crippen LogP contribution in [0.1, 0.15) is 103 Å². The normalized spacial score (nSPS) is 12.2. The van der Waals surface area contributed by atoms with E-state index in [0.717, 1.165) is 5.56 Å². The smallest absolute Gasteiger partial charge is 0.343 e. The molecular weight excluding hydrogens is 418 g/mol. The number of amides is 1. The van der Waals surface area contributed by atoms with Crippen molar-refractivity contribution in [2.75, 3.05) is 13.2 Å². The summed E-state index contributed by atoms with van der Waals surface area (Å²) in [4.78, 5) is 37.3. The number of hydrogen-bond donors (Lipinski definition) is 1. The first-order valence-corrected chi connectivity index (χ1v) is 12.5. The van der Waals surface area contributed by atoms with Gasteiger partial charge in [0.1, 0.15) is 0 Å². The number of unbranched alkanes of at least 4 members (excludes halogenated alkanes) is 5. The maximum Gasteiger partial charge on any atom is 0.343 e. The lowest BCUT2D eigenvalue weighted by atomic mass is 9.89. The Labute approximate surface area is 199 Å². The highest BCUT2D eigenvalue weighted by molar-refractivity contribution is 6.07. The third kappa shape index (κ3) is 9.56. The van der Waals surface area contributed by atoms with E-state index >= 15 is 0 Å². The summed E-state index contributed by atoms with van der Waals surface area (Å²) in [7, 11) is 0. The number of ether oxygens (including phenoxy) is 2. The van der Waals surface area contributed by atoms with E-state index in [1.165, 1.54) is 57.4 Å². The van der Waals surface area contributed by atoms with Crippen LogP contribution >= 0.6 is 0 Å². The van der Waals surface area contributed by atoms with Crippen molar-refractivity contribution in [2.45, 2.75) is 104 Å². The largest absolute Gasteiger partial charge is 0.464 e. The van der Waals surface area contributed by atoms with Gasteiger partial charge in [-0.25, -0.2) is 9.59 Å². The topological polar surface area (TPSA) is 81.7 Å². The molecule has 6 heteroatoms. The first-order valence-electron chi connectivity index (χ1n) is 12.5. The van der Waals surface area contributed by atoms with Gasteiger partial charge in [0.25, 0.3) is 0 Å². The molecule has 0 bridgehead atoms. The number of carbonyl (C=O) groups excluding carboxylic acids is 3. The number of carbonyl (C=O) groups is 3. The molecule has 1 aromatic carbocycles. The number of hydrogen-bond acceptors (Lipinski definition) is 5. The van der Waals surface area contributed by atoms with Crippen LogP contribution < -0.4 is 5.32 Å². The second-order valence-electron chi connectivity index (χ2n) is 8.73. The molecule has 33 heavy (non-hydrogen) atoms. The molecule has 0 aliphatic rings. The Kier molecular flexibility index (Phi) is 13.4. The van der Waals surface area contributed by atoms with Crippen LogP contribution in [0.2, 0.25) is 0 Å². The highest BCUT2D eigenvalue weighted by Gasteiger charge is 2.49. The van der Waals surface area contributed by atoms with E-state index in [4.69, 9.17) is 9.47 Å². The van der Waals surface area contributed by atoms with Gasteiger partial charge >= 0.3 is 11.9 Å². The first-order chi connectivity index (χ1) is 15.8. The van der Waals surface area contributed by atoms with E-state index in [1.807, 2.05) is 12.1 Å². The van der Waals surface area contributed by atoms with E-state index in [0.29, 0.717) is 12.3 Å². The maximum atomic E-state index is 12.7. The Bertz CT molecular complexity index is 711. The average Bonchev–Trinajstić information content (AvgIpc) is 2.79. The highest BCUT2D eigenvalue weighted by Crippen LogP contribution is 2.24. The van der Waals surface area contributed by atoms with Gasteiger partial charge in [-0.1, -0.05) is 76.6 Å². The third-order valence-electron chi connectivity index (χ3n) is 5.97. The van der Waals surface area contributed by atoms with Crippen molar-refractivity contribution in [3.63, 3.8) is 0 Å². The van der Waals surface area contributed by atoms with Crippen molar-refractivity contribution in [1.82, 2.24) is 5.32 Å². The van der Waals surface area contributed by atoms with Gasteiger partial charge in [-0.05, 0) is 50.2 Å². The Hall–Kier alpha value is -2.37. The fourth-order valence-corrected chi connectivity index (χ4v) is 4.00. The van der Waals surface area contributed by atoms with Gasteiger partial charge in [0, 0.05) is 6.92 Å². The van der Waals surface area contributed by atoms with Crippen molar-refractivity contribution in [1.29, 1.82) is 0 Å². The molecule has 1 atom stereocenters. The minimum atomic E-state index is -1.85. The summed E-state index contributed by atoms with van der Waals surface area (Å²) in [5.41, 5.74) is 0.423. The zero-order valence-electron chi connectivity index (χ0n) is 21.2. The van der Waals surface area contributed by atoms with E-state index in [2.05, 4.69) is 31.3 Å². The minimum absolute atomic E-state index is 0.0664. The summed E-state index contributed by atoms with van der Waals surface area (Å²) in [6, 6.07) is 8.29. The fourth-order valence-electron chi connectivity index (χ4n) is 4.00. The molecule has 0 aromatic heterocycles. The number of rotatable bonds is 16. The van der Waals surface area contributed by atoms with Gasteiger partial charge in [-0.2, -0.15) is 0 Å². The minimum Gasteiger partial charge on any atom is -0.464 e. The molecule has 1 N–H and O–H groups in total. The summed E-state index contributed by atoms with van der Waals surface area (Å²) in [6.45, 7) is 9.28. The number of esters is 2. The Morgan fingerprint density at radius 3 is 1.94 bits per heavy atom. The predicted molar refractivity (Wildman–Crippen MR) is 131 cm³/mol. The molecule has 0 radical (unpaired) electrons. The van der Waals surface area contributed by atoms with Gasteiger partial charge in [0.15, 0.2) is 0 Å². The van der Waals surface area contributed by atoms with Crippen LogP contribution in [0.3, 0.4) is 0 Å². The zero-order valence-corrected chi connectivity index (χ0v) is 21.2. The molecule has 0 aliphatic carbocycles. The van der Waals surface area contributed by atoms with Gasteiger partial charge < -0.3 is 14.8 Å². The van der Waals surface area contributed by atoms with Gasteiger partial charge in [-0.15, -0.1) is 0 Å². The van der Waals surface area contributed by atoms with Crippen molar-refractivity contribution in [3.8, 4) is 0 Å². The van der Waals surface area contributed by atoms with Crippen LogP contribution in [0.15, 0.2) is 24.3 Å². The average molecular weight is 462 g/mol. The van der Waals surface area contributed by atoms with Crippen LogP contribution in [-0.4, -0.2) is 36.6 Å². The second kappa shape index (κ2) is 15.5. The Morgan fingerprint density at radius 1 is 0.879 bits per heavy atom. The van der Waals surface area contributed by atoms with Gasteiger partial charge in [-0.3, -0.25) is 4.79 Å². The summed E-state index contributed by atoms with van der Waals surface area (Å²) >= 11 is 0. The molecule has 0 fully saturated rings. The summed E-state index contributed by atoms with van der Waals surface area (Å²) in [6.07, 6.45) is 9.43. The molecule has 0 spiro atoms. The predicted octanol–water partition coefficient (Wildman–Crippen LogP) is 5.47. The molecule has 186 valence electrons. The Balaban J connectivity index is 2.81. The molecule has 0 heterocycles. The van der Waals surface area contributed by atoms with Crippen molar-refractivity contribution >= 4 is 17.8 Å². The monoisotopic (exact) mass is 461 g/mol. The lowest BCUT2D eigenvalue weighted by Crippen LogP contribution is -2.61. The van der Waals surface area contributed by atoms with E-state index in [-0.39, 0.29) is 19.6 Å². The fraction of sp³-hybridized carbons (Fsp3) is 0.667. The molecule has 0 aliphatic heterocycles. The molecule has 0 saturated heterocycles. The molecule has 0 saturated carbocycles. The number of nitrogens with one attached hydrogen (secondary N) is 1. The van der Waals surface area contributed by atoms with Crippen molar-refractivity contribution < 1.29 is 23.9 Å². The lowest BCUT2D eigenvalue weighted by molar-refractivity contribution is -0.168. The van der Waals surface area contributed by atoms with E-state index < -0.39 is 23.4 Å². The summed E-state index contributed by atoms with van der Waals surface area (Å²) in [5, 5.41) is 2.52. The molecular formula is C27H43NO5. The quantitative estimate of drug-likeness (QED) is 0.200. The van der Waals surface area contributed by atoms with Crippen LogP contribution in [0.5, 0.6) is 0 Å². The van der Waals surface area contributed by atoms with Crippen LogP contribution in [0, 0.1) is 0 Å². The Morgan fingerprint density at radius 2 is 1.42 bits per heavy atom. The van der Waals surface area contributed by atoms with Crippen molar-refractivity contribution in [2.24, 2.45) is 0 Å². The van der Waals surface area contributed by atoms with Crippen LogP contribution in [0.4, 0.5) is 0 Å². The molecule has 1 rings (SSSR count). The highest BCUT2D eigenvalue weighted by atomic mass is 16.6. The maximum absolute atomic E-state index is 12.7. The lowest BCUT2D eigenvalue weighted by Gasteiger charge is -2.29.